The summed E-state index contributed by atoms with van der Waals surface area (Å²) in [6, 6.07) is 11.9. The second-order valence-electron chi connectivity index (χ2n) is 8.12. The fourth-order valence-corrected chi connectivity index (χ4v) is 3.99. The van der Waals surface area contributed by atoms with Gasteiger partial charge in [-0.2, -0.15) is 5.10 Å². The highest BCUT2D eigenvalue weighted by atomic mass is 16.5. The van der Waals surface area contributed by atoms with Crippen molar-refractivity contribution in [3.8, 4) is 28.5 Å². The fourth-order valence-electron chi connectivity index (χ4n) is 3.99. The first-order chi connectivity index (χ1) is 15.5. The number of β-amino-alcohol motifs (C(OH)–C–C–N with tert-alkyl or cyclic N) is 1. The minimum absolute atomic E-state index is 0.0728. The third-order valence-corrected chi connectivity index (χ3v) is 5.44. The van der Waals surface area contributed by atoms with Crippen molar-refractivity contribution in [2.45, 2.75) is 19.9 Å². The average Bonchev–Trinajstić information content (AvgIpc) is 3.32. The first-order valence-corrected chi connectivity index (χ1v) is 10.6. The van der Waals surface area contributed by atoms with E-state index in [9.17, 15) is 15.0 Å². The molecule has 0 saturated heterocycles. The largest absolute Gasteiger partial charge is 0.507 e. The van der Waals surface area contributed by atoms with E-state index in [0.29, 0.717) is 46.5 Å². The van der Waals surface area contributed by atoms with Crippen LogP contribution >= 0.6 is 0 Å². The first kappa shape index (κ1) is 21.7. The van der Waals surface area contributed by atoms with Gasteiger partial charge in [0.2, 0.25) is 0 Å². The third-order valence-electron chi connectivity index (χ3n) is 5.44. The number of aromatic amines is 1. The van der Waals surface area contributed by atoms with Crippen LogP contribution in [0.1, 0.15) is 41.5 Å². The molecule has 1 atom stereocenters. The molecule has 8 nitrogen and oxygen atoms in total. The zero-order chi connectivity index (χ0) is 22.8. The highest BCUT2D eigenvalue weighted by Gasteiger charge is 2.42. The Labute approximate surface area is 186 Å². The second kappa shape index (κ2) is 8.92. The normalized spacial score (nSPS) is 15.3. The van der Waals surface area contributed by atoms with Gasteiger partial charge in [-0.15, -0.1) is 0 Å². The summed E-state index contributed by atoms with van der Waals surface area (Å²) in [6.07, 6.45) is 0. The maximum atomic E-state index is 13.1. The Morgan fingerprint density at radius 2 is 1.97 bits per heavy atom. The number of methoxy groups -OCH3 is 1. The number of ether oxygens (including phenoxy) is 2. The maximum Gasteiger partial charge on any atom is 0.273 e. The number of aromatic nitrogens is 2. The SMILES string of the molecule is COc1cc([C@@H]2c3c(-c4ccccc4O)n[nH]c3C(=O)N2CCO)ccc1OCC(C)C. The Morgan fingerprint density at radius 3 is 2.66 bits per heavy atom. The number of nitrogens with one attached hydrogen (secondary N) is 1. The van der Waals surface area contributed by atoms with Crippen LogP contribution in [-0.2, 0) is 0 Å². The topological polar surface area (TPSA) is 108 Å². The number of aromatic hydroxyl groups is 1. The minimum atomic E-state index is -0.508. The molecule has 1 aromatic heterocycles. The zero-order valence-corrected chi connectivity index (χ0v) is 18.3. The summed E-state index contributed by atoms with van der Waals surface area (Å²) in [6.45, 7) is 4.66. The molecule has 0 unspecified atom stereocenters. The van der Waals surface area contributed by atoms with Crippen molar-refractivity contribution in [2.75, 3.05) is 26.9 Å². The monoisotopic (exact) mass is 437 g/mol. The number of carbonyl (C=O) groups excluding carboxylic acids is 1. The maximum absolute atomic E-state index is 13.1. The second-order valence-corrected chi connectivity index (χ2v) is 8.12. The number of amides is 1. The van der Waals surface area contributed by atoms with Gasteiger partial charge >= 0.3 is 0 Å². The van der Waals surface area contributed by atoms with Crippen LogP contribution in [0.25, 0.3) is 11.3 Å². The highest BCUT2D eigenvalue weighted by molar-refractivity contribution is 6.00. The Balaban J connectivity index is 1.82. The summed E-state index contributed by atoms with van der Waals surface area (Å²) in [4.78, 5) is 14.7. The van der Waals surface area contributed by atoms with E-state index >= 15 is 0 Å². The molecule has 0 spiro atoms. The van der Waals surface area contributed by atoms with E-state index in [-0.39, 0.29) is 24.8 Å². The highest BCUT2D eigenvalue weighted by Crippen LogP contribution is 2.45. The third kappa shape index (κ3) is 3.78. The molecule has 0 aliphatic carbocycles. The van der Waals surface area contributed by atoms with Gasteiger partial charge in [0.25, 0.3) is 5.91 Å². The van der Waals surface area contributed by atoms with Crippen LogP contribution in [-0.4, -0.2) is 58.1 Å². The lowest BCUT2D eigenvalue weighted by Crippen LogP contribution is -2.32. The zero-order valence-electron chi connectivity index (χ0n) is 18.3. The summed E-state index contributed by atoms with van der Waals surface area (Å²) in [7, 11) is 1.57. The molecule has 0 fully saturated rings. The molecule has 8 heteroatoms. The number of benzene rings is 2. The van der Waals surface area contributed by atoms with Gasteiger partial charge in [-0.05, 0) is 35.7 Å². The number of rotatable bonds is 8. The lowest BCUT2D eigenvalue weighted by molar-refractivity contribution is 0.0706. The van der Waals surface area contributed by atoms with E-state index in [1.807, 2.05) is 18.2 Å². The Kier molecular flexibility index (Phi) is 6.05. The Morgan fingerprint density at radius 1 is 1.19 bits per heavy atom. The van der Waals surface area contributed by atoms with Crippen molar-refractivity contribution in [2.24, 2.45) is 5.92 Å². The Bertz CT molecular complexity index is 1120. The van der Waals surface area contributed by atoms with E-state index < -0.39 is 6.04 Å². The Hall–Kier alpha value is -3.52. The number of phenols is 1. The van der Waals surface area contributed by atoms with Crippen LogP contribution in [0.4, 0.5) is 0 Å². The molecule has 168 valence electrons. The number of nitrogens with zero attached hydrogens (tertiary/aromatic N) is 2. The fraction of sp³-hybridized carbons (Fsp3) is 0.333. The van der Waals surface area contributed by atoms with Crippen molar-refractivity contribution in [3.63, 3.8) is 0 Å². The molecule has 1 aliphatic heterocycles. The first-order valence-electron chi connectivity index (χ1n) is 10.6. The average molecular weight is 437 g/mol. The van der Waals surface area contributed by atoms with E-state index in [1.165, 1.54) is 0 Å². The molecular weight excluding hydrogens is 410 g/mol. The van der Waals surface area contributed by atoms with Crippen LogP contribution in [0.3, 0.4) is 0 Å². The van der Waals surface area contributed by atoms with Gasteiger partial charge in [0.15, 0.2) is 11.5 Å². The van der Waals surface area contributed by atoms with Crippen LogP contribution in [0.15, 0.2) is 42.5 Å². The van der Waals surface area contributed by atoms with Crippen LogP contribution < -0.4 is 9.47 Å². The van der Waals surface area contributed by atoms with Crippen molar-refractivity contribution in [3.05, 3.63) is 59.3 Å². The molecule has 0 radical (unpaired) electrons. The number of H-pyrrole nitrogens is 1. The number of fused-ring (bicyclic) bond motifs is 1. The quantitative estimate of drug-likeness (QED) is 0.499. The van der Waals surface area contributed by atoms with Crippen LogP contribution in [0, 0.1) is 5.92 Å². The van der Waals surface area contributed by atoms with Gasteiger partial charge in [0.1, 0.15) is 17.1 Å². The van der Waals surface area contributed by atoms with Gasteiger partial charge < -0.3 is 24.6 Å². The van der Waals surface area contributed by atoms with E-state index in [1.54, 1.807) is 36.3 Å². The number of hydrogen-bond acceptors (Lipinski definition) is 6. The molecule has 1 aliphatic rings. The smallest absolute Gasteiger partial charge is 0.273 e. The van der Waals surface area contributed by atoms with Gasteiger partial charge in [0, 0.05) is 17.7 Å². The molecule has 0 saturated carbocycles. The van der Waals surface area contributed by atoms with E-state index in [4.69, 9.17) is 9.47 Å². The molecule has 1 amide bonds. The van der Waals surface area contributed by atoms with Crippen molar-refractivity contribution in [1.29, 1.82) is 0 Å². The van der Waals surface area contributed by atoms with Crippen molar-refractivity contribution >= 4 is 5.91 Å². The van der Waals surface area contributed by atoms with Crippen LogP contribution in [0.2, 0.25) is 0 Å². The molecule has 0 bridgehead atoms. The summed E-state index contributed by atoms with van der Waals surface area (Å²) >= 11 is 0. The van der Waals surface area contributed by atoms with Crippen LogP contribution in [0.5, 0.6) is 17.2 Å². The number of para-hydroxylation sites is 1. The number of aliphatic hydroxyl groups excluding tert-OH is 1. The molecule has 32 heavy (non-hydrogen) atoms. The molecule has 2 heterocycles. The number of phenolic OH excluding ortho intramolecular Hbond substituents is 1. The minimum Gasteiger partial charge on any atom is -0.507 e. The van der Waals surface area contributed by atoms with Gasteiger partial charge in [-0.3, -0.25) is 9.89 Å². The summed E-state index contributed by atoms with van der Waals surface area (Å²) < 4.78 is 11.4. The van der Waals surface area contributed by atoms with Crippen molar-refractivity contribution in [1.82, 2.24) is 15.1 Å². The van der Waals surface area contributed by atoms with Gasteiger partial charge in [-0.1, -0.05) is 32.0 Å². The molecule has 2 aromatic carbocycles. The number of hydrogen-bond donors (Lipinski definition) is 3. The predicted molar refractivity (Wildman–Crippen MR) is 119 cm³/mol. The number of aliphatic hydroxyl groups is 1. The molecule has 3 aromatic rings. The lowest BCUT2D eigenvalue weighted by Gasteiger charge is -2.26. The lowest BCUT2D eigenvalue weighted by atomic mass is 9.95. The summed E-state index contributed by atoms with van der Waals surface area (Å²) in [5.41, 5.74) is 2.81. The van der Waals surface area contributed by atoms with E-state index in [2.05, 4.69) is 24.0 Å². The predicted octanol–water partition coefficient (Wildman–Crippen LogP) is 3.36. The molecule has 3 N–H and O–H groups in total. The summed E-state index contributed by atoms with van der Waals surface area (Å²) in [5, 5.41) is 27.2. The van der Waals surface area contributed by atoms with Crippen molar-refractivity contribution < 1.29 is 24.5 Å². The summed E-state index contributed by atoms with van der Waals surface area (Å²) in [5.74, 6) is 1.36. The van der Waals surface area contributed by atoms with E-state index in [0.717, 1.165) is 5.56 Å². The van der Waals surface area contributed by atoms with Gasteiger partial charge in [0.05, 0.1) is 26.4 Å². The standard InChI is InChI=1S/C24H27N3O5/c1-14(2)13-32-18-9-8-15(12-19(18)31-3)23-20-21(16-6-4-5-7-17(16)29)25-26-22(20)24(30)27(23)10-11-28/h4-9,12,14,23,28-29H,10-11,13H2,1-3H3,(H,25,26)/t23-/m1/s1. The molecule has 4 rings (SSSR count). The molecular formula is C24H27N3O5. The van der Waals surface area contributed by atoms with Gasteiger partial charge in [-0.25, -0.2) is 0 Å². The number of carbonyl (C=O) groups is 1.